The quantitative estimate of drug-likeness (QED) is 0.869. The first-order chi connectivity index (χ1) is 11.7. The first-order valence-electron chi connectivity index (χ1n) is 9.05. The molecule has 0 amide bonds. The minimum Gasteiger partial charge on any atom is -0.487 e. The molecule has 0 aromatic carbocycles. The van der Waals surface area contributed by atoms with Crippen LogP contribution in [-0.2, 0) is 6.54 Å². The van der Waals surface area contributed by atoms with Crippen LogP contribution in [0.1, 0.15) is 44.2 Å². The molecule has 0 radical (unpaired) electrons. The van der Waals surface area contributed by atoms with Crippen molar-refractivity contribution in [3.05, 3.63) is 23.2 Å². The van der Waals surface area contributed by atoms with Crippen LogP contribution in [0.15, 0.2) is 22.0 Å². The molecule has 4 bridgehead atoms. The highest BCUT2D eigenvalue weighted by molar-refractivity contribution is 7.12. The van der Waals surface area contributed by atoms with Crippen LogP contribution >= 0.6 is 11.3 Å². The Balaban J connectivity index is 1.29. The van der Waals surface area contributed by atoms with Gasteiger partial charge in [-0.3, -0.25) is 0 Å². The number of thiophene rings is 1. The van der Waals surface area contributed by atoms with Crippen molar-refractivity contribution in [3.8, 4) is 16.4 Å². The molecule has 4 aliphatic carbocycles. The van der Waals surface area contributed by atoms with Crippen molar-refractivity contribution in [2.75, 3.05) is 7.11 Å². The summed E-state index contributed by atoms with van der Waals surface area (Å²) in [5.74, 6) is 3.69. The zero-order valence-electron chi connectivity index (χ0n) is 14.1. The molecule has 6 rings (SSSR count). The molecule has 2 heterocycles. The van der Waals surface area contributed by atoms with Crippen LogP contribution in [0.5, 0.6) is 5.06 Å². The third-order valence-corrected chi connectivity index (χ3v) is 7.20. The van der Waals surface area contributed by atoms with E-state index >= 15 is 0 Å². The van der Waals surface area contributed by atoms with Gasteiger partial charge in [-0.05, 0) is 67.7 Å². The number of nitrogens with zero attached hydrogens (tertiary/aromatic N) is 1. The maximum atomic E-state index is 5.56. The first kappa shape index (κ1) is 15.0. The van der Waals surface area contributed by atoms with Gasteiger partial charge < -0.3 is 14.6 Å². The summed E-state index contributed by atoms with van der Waals surface area (Å²) in [7, 11) is 1.70. The summed E-state index contributed by atoms with van der Waals surface area (Å²) in [6, 6.07) is 4.08. The predicted molar refractivity (Wildman–Crippen MR) is 94.1 cm³/mol. The summed E-state index contributed by atoms with van der Waals surface area (Å²) in [5.41, 5.74) is 2.36. The molecule has 5 heteroatoms. The second-order valence-electron chi connectivity index (χ2n) is 8.06. The lowest BCUT2D eigenvalue weighted by Gasteiger charge is -2.57. The van der Waals surface area contributed by atoms with Crippen molar-refractivity contribution in [2.24, 2.45) is 17.8 Å². The maximum absolute atomic E-state index is 5.56. The van der Waals surface area contributed by atoms with Gasteiger partial charge in [-0.15, -0.1) is 11.3 Å². The predicted octanol–water partition coefficient (Wildman–Crippen LogP) is 4.47. The van der Waals surface area contributed by atoms with Gasteiger partial charge in [0.2, 0.25) is 0 Å². The molecule has 2 aromatic heterocycles. The van der Waals surface area contributed by atoms with E-state index in [1.165, 1.54) is 38.5 Å². The van der Waals surface area contributed by atoms with E-state index in [9.17, 15) is 0 Å². The molecule has 0 saturated heterocycles. The summed E-state index contributed by atoms with van der Waals surface area (Å²) in [6.45, 7) is 0.808. The zero-order chi connectivity index (χ0) is 16.1. The molecule has 0 spiro atoms. The van der Waals surface area contributed by atoms with E-state index in [4.69, 9.17) is 9.26 Å². The third-order valence-electron chi connectivity index (χ3n) is 6.32. The lowest BCUT2D eigenvalue weighted by Crippen LogP contribution is -2.58. The molecule has 4 nitrogen and oxygen atoms in total. The lowest BCUT2D eigenvalue weighted by molar-refractivity contribution is -0.0208. The van der Waals surface area contributed by atoms with Gasteiger partial charge in [0, 0.05) is 18.2 Å². The number of hydrogen-bond donors (Lipinski definition) is 1. The standard InChI is InChI=1S/C19H24N2O2S/c1-22-18-16(2-3-24-18)17-7-15(21-23-17)11-20-19-8-12-4-13(9-19)6-14(5-12)10-19/h2-3,7,12-14,20H,4-6,8-11H2,1H3. The fraction of sp³-hybridized carbons (Fsp3) is 0.632. The lowest BCUT2D eigenvalue weighted by atomic mass is 9.53. The summed E-state index contributed by atoms with van der Waals surface area (Å²) in [4.78, 5) is 0. The topological polar surface area (TPSA) is 47.3 Å². The van der Waals surface area contributed by atoms with Crippen LogP contribution in [0.25, 0.3) is 11.3 Å². The van der Waals surface area contributed by atoms with Crippen molar-refractivity contribution in [3.63, 3.8) is 0 Å². The number of rotatable bonds is 5. The molecule has 128 valence electrons. The average Bonchev–Trinajstić information content (AvgIpc) is 3.20. The number of ether oxygens (including phenoxy) is 1. The van der Waals surface area contributed by atoms with E-state index < -0.39 is 0 Å². The first-order valence-corrected chi connectivity index (χ1v) is 9.93. The molecule has 0 atom stereocenters. The van der Waals surface area contributed by atoms with Crippen molar-refractivity contribution in [1.29, 1.82) is 0 Å². The van der Waals surface area contributed by atoms with E-state index in [0.29, 0.717) is 5.54 Å². The van der Waals surface area contributed by atoms with Crippen molar-refractivity contribution in [1.82, 2.24) is 10.5 Å². The maximum Gasteiger partial charge on any atom is 0.184 e. The van der Waals surface area contributed by atoms with E-state index in [1.54, 1.807) is 18.4 Å². The van der Waals surface area contributed by atoms with Gasteiger partial charge >= 0.3 is 0 Å². The Hall–Kier alpha value is -1.33. The van der Waals surface area contributed by atoms with Crippen LogP contribution in [0.3, 0.4) is 0 Å². The Labute approximate surface area is 146 Å². The van der Waals surface area contributed by atoms with Crippen LogP contribution < -0.4 is 10.1 Å². The van der Waals surface area contributed by atoms with Gasteiger partial charge in [-0.1, -0.05) is 5.16 Å². The number of aromatic nitrogens is 1. The van der Waals surface area contributed by atoms with E-state index in [2.05, 4.69) is 16.5 Å². The molecule has 4 fully saturated rings. The third kappa shape index (κ3) is 2.49. The Morgan fingerprint density at radius 1 is 1.25 bits per heavy atom. The van der Waals surface area contributed by atoms with Crippen molar-refractivity contribution >= 4 is 11.3 Å². The van der Waals surface area contributed by atoms with Gasteiger partial charge in [0.25, 0.3) is 0 Å². The molecular formula is C19H24N2O2S. The minimum atomic E-state index is 0.369. The highest BCUT2D eigenvalue weighted by Gasteiger charge is 2.50. The molecule has 4 saturated carbocycles. The normalized spacial score (nSPS) is 34.0. The van der Waals surface area contributed by atoms with Crippen molar-refractivity contribution < 1.29 is 9.26 Å². The Morgan fingerprint density at radius 3 is 2.62 bits per heavy atom. The fourth-order valence-corrected chi connectivity index (χ4v) is 6.48. The van der Waals surface area contributed by atoms with Crippen LogP contribution in [-0.4, -0.2) is 17.8 Å². The average molecular weight is 344 g/mol. The van der Waals surface area contributed by atoms with Gasteiger partial charge in [0.1, 0.15) is 0 Å². The Bertz CT molecular complexity index is 700. The van der Waals surface area contributed by atoms with Gasteiger partial charge in [0.05, 0.1) is 18.4 Å². The molecule has 0 unspecified atom stereocenters. The highest BCUT2D eigenvalue weighted by atomic mass is 32.1. The number of methoxy groups -OCH3 is 1. The Kier molecular flexibility index (Phi) is 3.49. The fourth-order valence-electron chi connectivity index (χ4n) is 5.76. The summed E-state index contributed by atoms with van der Waals surface area (Å²) >= 11 is 1.58. The summed E-state index contributed by atoms with van der Waals surface area (Å²) in [5, 5.41) is 11.1. The molecule has 2 aromatic rings. The van der Waals surface area contributed by atoms with E-state index in [1.807, 2.05) is 11.4 Å². The second-order valence-corrected chi connectivity index (χ2v) is 8.94. The molecule has 0 aliphatic heterocycles. The van der Waals surface area contributed by atoms with Gasteiger partial charge in [-0.2, -0.15) is 0 Å². The molecule has 1 N–H and O–H groups in total. The van der Waals surface area contributed by atoms with E-state index in [0.717, 1.165) is 46.4 Å². The molecular weight excluding hydrogens is 320 g/mol. The van der Waals surface area contributed by atoms with Crippen LogP contribution in [0, 0.1) is 17.8 Å². The minimum absolute atomic E-state index is 0.369. The molecule has 4 aliphatic rings. The van der Waals surface area contributed by atoms with Gasteiger partial charge in [0.15, 0.2) is 10.8 Å². The van der Waals surface area contributed by atoms with E-state index in [-0.39, 0.29) is 0 Å². The second kappa shape index (κ2) is 5.60. The zero-order valence-corrected chi connectivity index (χ0v) is 14.9. The van der Waals surface area contributed by atoms with Crippen LogP contribution in [0.2, 0.25) is 0 Å². The highest BCUT2D eigenvalue weighted by Crippen LogP contribution is 2.55. The van der Waals surface area contributed by atoms with Crippen molar-refractivity contribution in [2.45, 2.75) is 50.6 Å². The number of hydrogen-bond acceptors (Lipinski definition) is 5. The largest absolute Gasteiger partial charge is 0.487 e. The monoisotopic (exact) mass is 344 g/mol. The molecule has 24 heavy (non-hydrogen) atoms. The smallest absolute Gasteiger partial charge is 0.184 e. The summed E-state index contributed by atoms with van der Waals surface area (Å²) < 4.78 is 10.9. The number of nitrogens with one attached hydrogen (secondary N) is 1. The van der Waals surface area contributed by atoms with Crippen LogP contribution in [0.4, 0.5) is 0 Å². The summed E-state index contributed by atoms with van der Waals surface area (Å²) in [6.07, 6.45) is 8.53. The van der Waals surface area contributed by atoms with Gasteiger partial charge in [-0.25, -0.2) is 0 Å². The SMILES string of the molecule is COc1sccc1-c1cc(CNC23CC4CC(CC(C4)C2)C3)no1. The Morgan fingerprint density at radius 2 is 1.96 bits per heavy atom.